The molecular weight excluding hydrogens is 154 g/mol. The molecule has 0 unspecified atom stereocenters. The van der Waals surface area contributed by atoms with Gasteiger partial charge in [0.25, 0.3) is 0 Å². The average Bonchev–Trinajstić information content (AvgIpc) is 1.81. The van der Waals surface area contributed by atoms with E-state index in [0.717, 1.165) is 0 Å². The highest BCUT2D eigenvalue weighted by molar-refractivity contribution is 5.85. The molecule has 0 amide bonds. The molecule has 0 bridgehead atoms. The van der Waals surface area contributed by atoms with Crippen molar-refractivity contribution in [2.75, 3.05) is 13.2 Å². The predicted octanol–water partition coefficient (Wildman–Crippen LogP) is -0.500. The van der Waals surface area contributed by atoms with Gasteiger partial charge in [-0.05, 0) is 18.8 Å². The highest BCUT2D eigenvalue weighted by Gasteiger charge is 2.40. The molecule has 0 radical (unpaired) electrons. The maximum Gasteiger partial charge on any atom is 0.0776 e. The normalized spacial score (nSPS) is 38.1. The van der Waals surface area contributed by atoms with Crippen molar-refractivity contribution in [2.24, 2.45) is 11.7 Å². The minimum absolute atomic E-state index is 0. The van der Waals surface area contributed by atoms with Gasteiger partial charge in [0, 0.05) is 13.2 Å². The van der Waals surface area contributed by atoms with E-state index in [-0.39, 0.29) is 19.0 Å². The fourth-order valence-electron chi connectivity index (χ4n) is 1.31. The topological polar surface area (TPSA) is 66.5 Å². The first-order valence-electron chi connectivity index (χ1n) is 3.23. The zero-order valence-corrected chi connectivity index (χ0v) is 6.60. The lowest BCUT2D eigenvalue weighted by atomic mass is 9.71. The SMILES string of the molecule is Cl.NCC1(O)CC(CO)C1. The van der Waals surface area contributed by atoms with Gasteiger partial charge in [-0.25, -0.2) is 0 Å². The quantitative estimate of drug-likeness (QED) is 0.520. The largest absolute Gasteiger partial charge is 0.396 e. The Balaban J connectivity index is 0.000000810. The van der Waals surface area contributed by atoms with Crippen LogP contribution in [0.2, 0.25) is 0 Å². The molecule has 3 nitrogen and oxygen atoms in total. The number of aliphatic hydroxyl groups excluding tert-OH is 1. The lowest BCUT2D eigenvalue weighted by Gasteiger charge is -2.41. The van der Waals surface area contributed by atoms with E-state index in [0.29, 0.717) is 25.3 Å². The van der Waals surface area contributed by atoms with Crippen LogP contribution in [0.25, 0.3) is 0 Å². The van der Waals surface area contributed by atoms with Crippen molar-refractivity contribution in [1.82, 2.24) is 0 Å². The third-order valence-electron chi connectivity index (χ3n) is 1.98. The molecule has 1 aliphatic rings. The van der Waals surface area contributed by atoms with Crippen LogP contribution < -0.4 is 5.73 Å². The van der Waals surface area contributed by atoms with Crippen LogP contribution in [0.15, 0.2) is 0 Å². The Morgan fingerprint density at radius 2 is 2.00 bits per heavy atom. The summed E-state index contributed by atoms with van der Waals surface area (Å²) in [4.78, 5) is 0. The molecular formula is C6H14ClNO2. The molecule has 4 N–H and O–H groups in total. The minimum atomic E-state index is -0.645. The molecule has 0 spiro atoms. The molecule has 1 saturated carbocycles. The predicted molar refractivity (Wildman–Crippen MR) is 41.1 cm³/mol. The monoisotopic (exact) mass is 167 g/mol. The van der Waals surface area contributed by atoms with E-state index in [9.17, 15) is 5.11 Å². The van der Waals surface area contributed by atoms with E-state index in [1.807, 2.05) is 0 Å². The van der Waals surface area contributed by atoms with Crippen LogP contribution in [-0.2, 0) is 0 Å². The fraction of sp³-hybridized carbons (Fsp3) is 1.00. The van der Waals surface area contributed by atoms with Gasteiger partial charge in [0.15, 0.2) is 0 Å². The molecule has 4 heteroatoms. The van der Waals surface area contributed by atoms with Gasteiger partial charge in [-0.2, -0.15) is 0 Å². The zero-order valence-electron chi connectivity index (χ0n) is 5.79. The molecule has 0 aromatic heterocycles. The smallest absolute Gasteiger partial charge is 0.0776 e. The van der Waals surface area contributed by atoms with Crippen molar-refractivity contribution < 1.29 is 10.2 Å². The summed E-state index contributed by atoms with van der Waals surface area (Å²) in [5, 5.41) is 17.8. The van der Waals surface area contributed by atoms with Crippen molar-refractivity contribution in [3.8, 4) is 0 Å². The second-order valence-corrected chi connectivity index (χ2v) is 2.89. The lowest BCUT2D eigenvalue weighted by molar-refractivity contribution is -0.0793. The Kier molecular flexibility index (Phi) is 3.59. The average molecular weight is 168 g/mol. The molecule has 0 aliphatic heterocycles. The minimum Gasteiger partial charge on any atom is -0.396 e. The summed E-state index contributed by atoms with van der Waals surface area (Å²) in [6.07, 6.45) is 1.33. The van der Waals surface area contributed by atoms with E-state index in [1.54, 1.807) is 0 Å². The van der Waals surface area contributed by atoms with Gasteiger partial charge in [-0.3, -0.25) is 0 Å². The van der Waals surface area contributed by atoms with Crippen LogP contribution in [0.4, 0.5) is 0 Å². The van der Waals surface area contributed by atoms with Crippen LogP contribution in [0.3, 0.4) is 0 Å². The second kappa shape index (κ2) is 3.53. The molecule has 0 atom stereocenters. The molecule has 1 rings (SSSR count). The molecule has 0 saturated heterocycles. The van der Waals surface area contributed by atoms with Gasteiger partial charge in [0.1, 0.15) is 0 Å². The summed E-state index contributed by atoms with van der Waals surface area (Å²) in [6, 6.07) is 0. The van der Waals surface area contributed by atoms with Crippen molar-refractivity contribution in [1.29, 1.82) is 0 Å². The Hall–Kier alpha value is 0.170. The molecule has 10 heavy (non-hydrogen) atoms. The first-order chi connectivity index (χ1) is 4.20. The summed E-state index contributed by atoms with van der Waals surface area (Å²) in [5.41, 5.74) is 4.61. The maximum absolute atomic E-state index is 9.28. The van der Waals surface area contributed by atoms with Crippen LogP contribution in [-0.4, -0.2) is 29.0 Å². The molecule has 0 aromatic rings. The fourth-order valence-corrected chi connectivity index (χ4v) is 1.31. The standard InChI is InChI=1S/C6H13NO2.ClH/c7-4-6(9)1-5(2-6)3-8;/h5,8-9H,1-4,7H2;1H. The van der Waals surface area contributed by atoms with E-state index < -0.39 is 5.60 Å². The van der Waals surface area contributed by atoms with Gasteiger partial charge >= 0.3 is 0 Å². The van der Waals surface area contributed by atoms with E-state index in [1.165, 1.54) is 0 Å². The van der Waals surface area contributed by atoms with Gasteiger partial charge in [0.2, 0.25) is 0 Å². The number of halogens is 1. The lowest BCUT2D eigenvalue weighted by Crippen LogP contribution is -2.50. The second-order valence-electron chi connectivity index (χ2n) is 2.89. The number of rotatable bonds is 2. The Bertz CT molecular complexity index is 104. The third-order valence-corrected chi connectivity index (χ3v) is 1.98. The van der Waals surface area contributed by atoms with Gasteiger partial charge < -0.3 is 15.9 Å². The Morgan fingerprint density at radius 3 is 2.30 bits per heavy atom. The van der Waals surface area contributed by atoms with E-state index in [2.05, 4.69) is 0 Å². The molecule has 1 aliphatic carbocycles. The van der Waals surface area contributed by atoms with Gasteiger partial charge in [-0.15, -0.1) is 12.4 Å². The van der Waals surface area contributed by atoms with Gasteiger partial charge in [-0.1, -0.05) is 0 Å². The van der Waals surface area contributed by atoms with E-state index >= 15 is 0 Å². The maximum atomic E-state index is 9.28. The number of aliphatic hydroxyl groups is 2. The summed E-state index contributed by atoms with van der Waals surface area (Å²) >= 11 is 0. The van der Waals surface area contributed by atoms with Crippen LogP contribution in [0, 0.1) is 5.92 Å². The van der Waals surface area contributed by atoms with Crippen molar-refractivity contribution in [3.63, 3.8) is 0 Å². The van der Waals surface area contributed by atoms with Crippen molar-refractivity contribution in [2.45, 2.75) is 18.4 Å². The first-order valence-corrected chi connectivity index (χ1v) is 3.23. The molecule has 0 aromatic carbocycles. The van der Waals surface area contributed by atoms with Crippen molar-refractivity contribution >= 4 is 12.4 Å². The molecule has 0 heterocycles. The highest BCUT2D eigenvalue weighted by Crippen LogP contribution is 2.36. The summed E-state index contributed by atoms with van der Waals surface area (Å²) in [7, 11) is 0. The third kappa shape index (κ3) is 1.83. The molecule has 1 fully saturated rings. The number of hydrogen-bond donors (Lipinski definition) is 3. The Morgan fingerprint density at radius 1 is 1.50 bits per heavy atom. The van der Waals surface area contributed by atoms with Crippen molar-refractivity contribution in [3.05, 3.63) is 0 Å². The number of nitrogens with two attached hydrogens (primary N) is 1. The van der Waals surface area contributed by atoms with Crippen LogP contribution in [0.1, 0.15) is 12.8 Å². The summed E-state index contributed by atoms with van der Waals surface area (Å²) in [6.45, 7) is 0.506. The highest BCUT2D eigenvalue weighted by atomic mass is 35.5. The molecule has 62 valence electrons. The van der Waals surface area contributed by atoms with Crippen LogP contribution >= 0.6 is 12.4 Å². The summed E-state index contributed by atoms with van der Waals surface area (Å²) in [5.74, 6) is 0.290. The van der Waals surface area contributed by atoms with Gasteiger partial charge in [0.05, 0.1) is 5.60 Å². The van der Waals surface area contributed by atoms with Crippen LogP contribution in [0.5, 0.6) is 0 Å². The Labute approximate surface area is 66.6 Å². The summed E-state index contributed by atoms with van der Waals surface area (Å²) < 4.78 is 0. The zero-order chi connectivity index (χ0) is 6.91. The first kappa shape index (κ1) is 10.2. The van der Waals surface area contributed by atoms with E-state index in [4.69, 9.17) is 10.8 Å². The number of hydrogen-bond acceptors (Lipinski definition) is 3.